The Balaban J connectivity index is 2.13. The standard InChI is InChI=1S/C13H15NO5/c1-8(14(2)6-12(15)16)13(17)9-3-4-10-11(5-9)19-7-18-10/h3-5,8H,6-7H2,1-2H3,(H,15,16). The molecule has 0 saturated carbocycles. The molecule has 1 unspecified atom stereocenters. The molecular formula is C13H15NO5. The highest BCUT2D eigenvalue weighted by atomic mass is 16.7. The van der Waals surface area contributed by atoms with Crippen molar-refractivity contribution < 1.29 is 24.2 Å². The molecule has 0 saturated heterocycles. The van der Waals surface area contributed by atoms with Crippen LogP contribution in [0.2, 0.25) is 0 Å². The molecule has 1 aliphatic rings. The number of ether oxygens (including phenoxy) is 2. The van der Waals surface area contributed by atoms with Crippen molar-refractivity contribution in [3.05, 3.63) is 23.8 Å². The molecule has 1 N–H and O–H groups in total. The van der Waals surface area contributed by atoms with Gasteiger partial charge in [-0.15, -0.1) is 0 Å². The first-order valence-corrected chi connectivity index (χ1v) is 5.85. The van der Waals surface area contributed by atoms with Crippen LogP contribution in [-0.2, 0) is 4.79 Å². The third kappa shape index (κ3) is 2.85. The normalized spacial score (nSPS) is 14.5. The van der Waals surface area contributed by atoms with E-state index in [1.165, 1.54) is 4.90 Å². The highest BCUT2D eigenvalue weighted by Crippen LogP contribution is 2.32. The lowest BCUT2D eigenvalue weighted by Gasteiger charge is -2.21. The van der Waals surface area contributed by atoms with Crippen molar-refractivity contribution in [3.63, 3.8) is 0 Å². The summed E-state index contributed by atoms with van der Waals surface area (Å²) in [5.74, 6) is 0.0388. The summed E-state index contributed by atoms with van der Waals surface area (Å²) in [6, 6.07) is 4.44. The lowest BCUT2D eigenvalue weighted by Crippen LogP contribution is -2.39. The van der Waals surface area contributed by atoms with E-state index in [2.05, 4.69) is 0 Å². The van der Waals surface area contributed by atoms with E-state index in [9.17, 15) is 9.59 Å². The van der Waals surface area contributed by atoms with E-state index >= 15 is 0 Å². The van der Waals surface area contributed by atoms with E-state index in [0.717, 1.165) is 0 Å². The molecule has 0 bridgehead atoms. The third-order valence-corrected chi connectivity index (χ3v) is 3.08. The van der Waals surface area contributed by atoms with Crippen LogP contribution in [0, 0.1) is 0 Å². The molecule has 6 heteroatoms. The molecular weight excluding hydrogens is 250 g/mol. The van der Waals surface area contributed by atoms with E-state index in [1.807, 2.05) is 0 Å². The highest BCUT2D eigenvalue weighted by Gasteiger charge is 2.23. The fourth-order valence-corrected chi connectivity index (χ4v) is 1.84. The summed E-state index contributed by atoms with van der Waals surface area (Å²) >= 11 is 0. The highest BCUT2D eigenvalue weighted by molar-refractivity contribution is 6.00. The lowest BCUT2D eigenvalue weighted by molar-refractivity contribution is -0.138. The second-order valence-electron chi connectivity index (χ2n) is 4.42. The van der Waals surface area contributed by atoms with Crippen molar-refractivity contribution in [3.8, 4) is 11.5 Å². The fraction of sp³-hybridized carbons (Fsp3) is 0.385. The number of ketones is 1. The number of carboxylic acids is 1. The zero-order chi connectivity index (χ0) is 14.0. The Labute approximate surface area is 110 Å². The molecule has 1 atom stereocenters. The third-order valence-electron chi connectivity index (χ3n) is 3.08. The Morgan fingerprint density at radius 3 is 2.74 bits per heavy atom. The maximum atomic E-state index is 12.2. The van der Waals surface area contributed by atoms with Crippen LogP contribution in [0.4, 0.5) is 0 Å². The van der Waals surface area contributed by atoms with Gasteiger partial charge in [-0.25, -0.2) is 0 Å². The van der Waals surface area contributed by atoms with Crippen LogP contribution in [0.1, 0.15) is 17.3 Å². The smallest absolute Gasteiger partial charge is 0.317 e. The zero-order valence-corrected chi connectivity index (χ0v) is 10.8. The summed E-state index contributed by atoms with van der Waals surface area (Å²) < 4.78 is 10.4. The molecule has 1 aromatic rings. The Kier molecular flexibility index (Phi) is 3.71. The molecule has 1 aromatic carbocycles. The molecule has 19 heavy (non-hydrogen) atoms. The molecule has 0 fully saturated rings. The Morgan fingerprint density at radius 2 is 2.05 bits per heavy atom. The number of benzene rings is 1. The van der Waals surface area contributed by atoms with Gasteiger partial charge in [0.15, 0.2) is 17.3 Å². The first-order chi connectivity index (χ1) is 8.99. The van der Waals surface area contributed by atoms with Crippen LogP contribution in [0.3, 0.4) is 0 Å². The quantitative estimate of drug-likeness (QED) is 0.800. The number of carbonyl (C=O) groups excluding carboxylic acids is 1. The summed E-state index contributed by atoms with van der Waals surface area (Å²) in [5, 5.41) is 8.72. The molecule has 0 radical (unpaired) electrons. The average molecular weight is 265 g/mol. The number of Topliss-reactive ketones (excluding diaryl/α,β-unsaturated/α-hetero) is 1. The molecule has 0 aromatic heterocycles. The molecule has 6 nitrogen and oxygen atoms in total. The maximum absolute atomic E-state index is 12.2. The van der Waals surface area contributed by atoms with Crippen LogP contribution in [-0.4, -0.2) is 48.2 Å². The van der Waals surface area contributed by atoms with Gasteiger partial charge in [0.1, 0.15) is 0 Å². The minimum atomic E-state index is -0.965. The molecule has 0 aliphatic carbocycles. The Bertz CT molecular complexity index is 514. The maximum Gasteiger partial charge on any atom is 0.317 e. The van der Waals surface area contributed by atoms with Gasteiger partial charge in [0.05, 0.1) is 12.6 Å². The summed E-state index contributed by atoms with van der Waals surface area (Å²) in [6.45, 7) is 1.65. The van der Waals surface area contributed by atoms with Crippen molar-refractivity contribution in [1.82, 2.24) is 4.90 Å². The molecule has 0 spiro atoms. The van der Waals surface area contributed by atoms with Gasteiger partial charge >= 0.3 is 5.97 Å². The number of rotatable bonds is 5. The van der Waals surface area contributed by atoms with Gasteiger partial charge < -0.3 is 14.6 Å². The Hall–Kier alpha value is -2.08. The van der Waals surface area contributed by atoms with Crippen LogP contribution in [0.15, 0.2) is 18.2 Å². The number of nitrogens with zero attached hydrogens (tertiary/aromatic N) is 1. The van der Waals surface area contributed by atoms with E-state index in [4.69, 9.17) is 14.6 Å². The second kappa shape index (κ2) is 5.27. The lowest BCUT2D eigenvalue weighted by atomic mass is 10.0. The van der Waals surface area contributed by atoms with E-state index in [1.54, 1.807) is 32.2 Å². The largest absolute Gasteiger partial charge is 0.480 e. The monoisotopic (exact) mass is 265 g/mol. The number of carboxylic acid groups (broad SMARTS) is 1. The van der Waals surface area contributed by atoms with Crippen molar-refractivity contribution >= 4 is 11.8 Å². The number of carbonyl (C=O) groups is 2. The van der Waals surface area contributed by atoms with E-state index in [-0.39, 0.29) is 19.1 Å². The summed E-state index contributed by atoms with van der Waals surface area (Å²) in [7, 11) is 1.60. The second-order valence-corrected chi connectivity index (χ2v) is 4.42. The fourth-order valence-electron chi connectivity index (χ4n) is 1.84. The van der Waals surface area contributed by atoms with Gasteiger partial charge in [-0.3, -0.25) is 14.5 Å². The van der Waals surface area contributed by atoms with Gasteiger partial charge in [0.25, 0.3) is 0 Å². The number of aliphatic carboxylic acids is 1. The molecule has 1 aliphatic heterocycles. The number of likely N-dealkylation sites (N-methyl/N-ethyl adjacent to an activating group) is 1. The summed E-state index contributed by atoms with van der Waals surface area (Å²) in [4.78, 5) is 24.4. The van der Waals surface area contributed by atoms with E-state index in [0.29, 0.717) is 17.1 Å². The van der Waals surface area contributed by atoms with Crippen molar-refractivity contribution in [2.24, 2.45) is 0 Å². The van der Waals surface area contributed by atoms with Crippen LogP contribution >= 0.6 is 0 Å². The predicted molar refractivity (Wildman–Crippen MR) is 66.6 cm³/mol. The summed E-state index contributed by atoms with van der Waals surface area (Å²) in [5.41, 5.74) is 0.481. The zero-order valence-electron chi connectivity index (χ0n) is 10.8. The van der Waals surface area contributed by atoms with Crippen molar-refractivity contribution in [1.29, 1.82) is 0 Å². The SMILES string of the molecule is CC(C(=O)c1ccc2c(c1)OCO2)N(C)CC(=O)O. The van der Waals surface area contributed by atoms with Crippen molar-refractivity contribution in [2.45, 2.75) is 13.0 Å². The van der Waals surface area contributed by atoms with Gasteiger partial charge in [0.2, 0.25) is 6.79 Å². The van der Waals surface area contributed by atoms with Gasteiger partial charge in [-0.2, -0.15) is 0 Å². The topological polar surface area (TPSA) is 76.1 Å². The summed E-state index contributed by atoms with van der Waals surface area (Å²) in [6.07, 6.45) is 0. The first kappa shape index (κ1) is 13.4. The van der Waals surface area contributed by atoms with Crippen LogP contribution in [0.5, 0.6) is 11.5 Å². The minimum Gasteiger partial charge on any atom is -0.480 e. The van der Waals surface area contributed by atoms with E-state index < -0.39 is 12.0 Å². The van der Waals surface area contributed by atoms with Gasteiger partial charge in [0, 0.05) is 5.56 Å². The van der Waals surface area contributed by atoms with Crippen LogP contribution in [0.25, 0.3) is 0 Å². The molecule has 2 rings (SSSR count). The first-order valence-electron chi connectivity index (χ1n) is 5.85. The molecule has 1 heterocycles. The Morgan fingerprint density at radius 1 is 1.37 bits per heavy atom. The predicted octanol–water partition coefficient (Wildman–Crippen LogP) is 1.00. The number of hydrogen-bond acceptors (Lipinski definition) is 5. The molecule has 102 valence electrons. The number of hydrogen-bond donors (Lipinski definition) is 1. The molecule has 0 amide bonds. The number of fused-ring (bicyclic) bond motifs is 1. The van der Waals surface area contributed by atoms with Gasteiger partial charge in [-0.05, 0) is 32.2 Å². The average Bonchev–Trinajstić information content (AvgIpc) is 2.83. The van der Waals surface area contributed by atoms with Crippen LogP contribution < -0.4 is 9.47 Å². The van der Waals surface area contributed by atoms with Gasteiger partial charge in [-0.1, -0.05) is 0 Å². The van der Waals surface area contributed by atoms with Crippen molar-refractivity contribution in [2.75, 3.05) is 20.4 Å². The minimum absolute atomic E-state index is 0.151.